The number of nitrogens with zero attached hydrogens (tertiary/aromatic N) is 1. The van der Waals surface area contributed by atoms with Crippen LogP contribution in [0.25, 0.3) is 0 Å². The quantitative estimate of drug-likeness (QED) is 0.778. The Morgan fingerprint density at radius 2 is 1.89 bits per heavy atom. The largest absolute Gasteiger partial charge is 0.373 e. The van der Waals surface area contributed by atoms with E-state index in [0.29, 0.717) is 5.56 Å². The van der Waals surface area contributed by atoms with E-state index < -0.39 is 0 Å². The molecule has 0 heterocycles. The molecule has 98 valence electrons. The maximum Gasteiger partial charge on any atom is 0.150 e. The minimum atomic E-state index is 0.699. The fourth-order valence-electron chi connectivity index (χ4n) is 1.96. The Morgan fingerprint density at radius 1 is 1.16 bits per heavy atom. The summed E-state index contributed by atoms with van der Waals surface area (Å²) in [5, 5.41) is 0. The summed E-state index contributed by atoms with van der Waals surface area (Å²) in [7, 11) is 2.04. The Labute approximate surface area is 122 Å². The van der Waals surface area contributed by atoms with Crippen molar-refractivity contribution in [1.29, 1.82) is 0 Å². The molecule has 0 saturated carbocycles. The van der Waals surface area contributed by atoms with Gasteiger partial charge in [-0.1, -0.05) is 36.4 Å². The molecule has 2 aromatic carbocycles. The first-order chi connectivity index (χ1) is 9.20. The van der Waals surface area contributed by atoms with Crippen molar-refractivity contribution in [2.24, 2.45) is 0 Å². The zero-order valence-corrected chi connectivity index (χ0v) is 12.4. The summed E-state index contributed by atoms with van der Waals surface area (Å²) in [4.78, 5) is 13.0. The van der Waals surface area contributed by atoms with Crippen LogP contribution in [-0.4, -0.2) is 19.9 Å². The van der Waals surface area contributed by atoms with Crippen LogP contribution in [0, 0.1) is 0 Å². The lowest BCUT2D eigenvalue weighted by Crippen LogP contribution is -2.20. The van der Waals surface area contributed by atoms with Gasteiger partial charge in [0.05, 0.1) is 5.69 Å². The van der Waals surface area contributed by atoms with E-state index in [1.165, 1.54) is 5.56 Å². The van der Waals surface area contributed by atoms with Gasteiger partial charge in [-0.3, -0.25) is 4.79 Å². The van der Waals surface area contributed by atoms with E-state index in [0.717, 1.165) is 29.4 Å². The summed E-state index contributed by atoms with van der Waals surface area (Å²) in [6, 6.07) is 16.0. The van der Waals surface area contributed by atoms with Gasteiger partial charge in [0.1, 0.15) is 6.29 Å². The molecule has 2 nitrogen and oxygen atoms in total. The second-order valence-electron chi connectivity index (χ2n) is 4.49. The molecule has 0 amide bonds. The second-order valence-corrected chi connectivity index (χ2v) is 5.34. The molecule has 0 atom stereocenters. The highest BCUT2D eigenvalue weighted by atomic mass is 79.9. The van der Waals surface area contributed by atoms with Crippen LogP contribution < -0.4 is 4.90 Å². The van der Waals surface area contributed by atoms with Crippen molar-refractivity contribution < 1.29 is 4.79 Å². The fourth-order valence-corrected chi connectivity index (χ4v) is 2.51. The van der Waals surface area contributed by atoms with Crippen molar-refractivity contribution in [2.45, 2.75) is 6.42 Å². The van der Waals surface area contributed by atoms with Crippen molar-refractivity contribution in [2.75, 3.05) is 18.5 Å². The van der Waals surface area contributed by atoms with Crippen LogP contribution in [0.4, 0.5) is 5.69 Å². The van der Waals surface area contributed by atoms with E-state index in [-0.39, 0.29) is 0 Å². The number of hydrogen-bond acceptors (Lipinski definition) is 2. The van der Waals surface area contributed by atoms with E-state index in [9.17, 15) is 4.79 Å². The highest BCUT2D eigenvalue weighted by molar-refractivity contribution is 9.10. The summed E-state index contributed by atoms with van der Waals surface area (Å²) in [5.74, 6) is 0. The normalized spacial score (nSPS) is 10.2. The molecule has 3 heteroatoms. The molecule has 19 heavy (non-hydrogen) atoms. The molecule has 0 aromatic heterocycles. The van der Waals surface area contributed by atoms with Gasteiger partial charge in [-0.05, 0) is 40.0 Å². The predicted molar refractivity (Wildman–Crippen MR) is 82.9 cm³/mol. The summed E-state index contributed by atoms with van der Waals surface area (Å²) < 4.78 is 1.01. The van der Waals surface area contributed by atoms with Crippen LogP contribution in [0.15, 0.2) is 53.0 Å². The van der Waals surface area contributed by atoms with Crippen molar-refractivity contribution >= 4 is 27.9 Å². The molecule has 0 unspecified atom stereocenters. The Hall–Kier alpha value is -1.61. The number of anilines is 1. The van der Waals surface area contributed by atoms with E-state index >= 15 is 0 Å². The summed E-state index contributed by atoms with van der Waals surface area (Å²) in [6.45, 7) is 0.908. The summed E-state index contributed by atoms with van der Waals surface area (Å²) >= 11 is 3.53. The Morgan fingerprint density at radius 3 is 2.58 bits per heavy atom. The molecule has 0 fully saturated rings. The van der Waals surface area contributed by atoms with E-state index in [4.69, 9.17) is 0 Å². The lowest BCUT2D eigenvalue weighted by molar-refractivity contribution is 0.112. The molecule has 2 aromatic rings. The first-order valence-corrected chi connectivity index (χ1v) is 7.00. The average molecular weight is 318 g/mol. The molecule has 0 aliphatic carbocycles. The number of carbonyl (C=O) groups excluding carboxylic acids is 1. The molecule has 0 spiro atoms. The highest BCUT2D eigenvalue weighted by Gasteiger charge is 2.07. The number of carbonyl (C=O) groups is 1. The maximum absolute atomic E-state index is 10.8. The number of benzene rings is 2. The number of rotatable bonds is 5. The number of likely N-dealkylation sites (N-methyl/N-ethyl adjacent to an activating group) is 1. The molecule has 0 N–H and O–H groups in total. The third-order valence-electron chi connectivity index (χ3n) is 3.10. The third kappa shape index (κ3) is 3.67. The first kappa shape index (κ1) is 13.8. The van der Waals surface area contributed by atoms with Gasteiger partial charge in [-0.15, -0.1) is 0 Å². The second kappa shape index (κ2) is 6.53. The third-order valence-corrected chi connectivity index (χ3v) is 3.77. The number of hydrogen-bond donors (Lipinski definition) is 0. The van der Waals surface area contributed by atoms with Gasteiger partial charge in [-0.25, -0.2) is 0 Å². The minimum Gasteiger partial charge on any atom is -0.373 e. The van der Waals surface area contributed by atoms with Crippen LogP contribution in [-0.2, 0) is 6.42 Å². The SMILES string of the molecule is CN(CCc1ccccc1)c1cc(C=O)ccc1Br. The standard InChI is InChI=1S/C16H16BrNO/c1-18(10-9-13-5-3-2-4-6-13)16-11-14(12-19)7-8-15(16)17/h2-8,11-12H,9-10H2,1H3. The van der Waals surface area contributed by atoms with Crippen molar-refractivity contribution in [3.05, 3.63) is 64.1 Å². The molecule has 0 aliphatic heterocycles. The lowest BCUT2D eigenvalue weighted by atomic mass is 10.1. The fraction of sp³-hybridized carbons (Fsp3) is 0.188. The number of halogens is 1. The predicted octanol–water partition coefficient (Wildman–Crippen LogP) is 3.94. The minimum absolute atomic E-state index is 0.699. The average Bonchev–Trinajstić information content (AvgIpc) is 2.46. The molecule has 0 bridgehead atoms. The van der Waals surface area contributed by atoms with Gasteiger partial charge in [0, 0.05) is 23.6 Å². The summed E-state index contributed by atoms with van der Waals surface area (Å²) in [5.41, 5.74) is 3.06. The highest BCUT2D eigenvalue weighted by Crippen LogP contribution is 2.26. The molecule has 2 rings (SSSR count). The van der Waals surface area contributed by atoms with Crippen LogP contribution in [0.5, 0.6) is 0 Å². The van der Waals surface area contributed by atoms with E-state index in [1.54, 1.807) is 0 Å². The van der Waals surface area contributed by atoms with Gasteiger partial charge in [-0.2, -0.15) is 0 Å². The van der Waals surface area contributed by atoms with E-state index in [1.807, 2.05) is 31.3 Å². The summed E-state index contributed by atoms with van der Waals surface area (Å²) in [6.07, 6.45) is 1.86. The van der Waals surface area contributed by atoms with Crippen LogP contribution in [0.3, 0.4) is 0 Å². The zero-order valence-electron chi connectivity index (χ0n) is 10.8. The Balaban J connectivity index is 2.07. The van der Waals surface area contributed by atoms with Gasteiger partial charge in [0.15, 0.2) is 0 Å². The van der Waals surface area contributed by atoms with E-state index in [2.05, 4.69) is 45.1 Å². The maximum atomic E-state index is 10.8. The van der Waals surface area contributed by atoms with Crippen molar-refractivity contribution in [3.8, 4) is 0 Å². The molecular formula is C16H16BrNO. The first-order valence-electron chi connectivity index (χ1n) is 6.20. The van der Waals surface area contributed by atoms with Crippen molar-refractivity contribution in [1.82, 2.24) is 0 Å². The topological polar surface area (TPSA) is 20.3 Å². The molecule has 0 saturated heterocycles. The smallest absolute Gasteiger partial charge is 0.150 e. The monoisotopic (exact) mass is 317 g/mol. The van der Waals surface area contributed by atoms with Gasteiger partial charge < -0.3 is 4.90 Å². The number of aldehydes is 1. The Kier molecular flexibility index (Phi) is 4.74. The molecule has 0 aliphatic rings. The van der Waals surface area contributed by atoms with Gasteiger partial charge in [0.2, 0.25) is 0 Å². The molecule has 0 radical (unpaired) electrons. The van der Waals surface area contributed by atoms with Gasteiger partial charge in [0.25, 0.3) is 0 Å². The van der Waals surface area contributed by atoms with Gasteiger partial charge >= 0.3 is 0 Å². The zero-order chi connectivity index (χ0) is 13.7. The lowest BCUT2D eigenvalue weighted by Gasteiger charge is -2.21. The van der Waals surface area contributed by atoms with Crippen molar-refractivity contribution in [3.63, 3.8) is 0 Å². The van der Waals surface area contributed by atoms with Crippen LogP contribution in [0.1, 0.15) is 15.9 Å². The Bertz CT molecular complexity index is 554. The van der Waals surface area contributed by atoms with Crippen LogP contribution in [0.2, 0.25) is 0 Å². The molecular weight excluding hydrogens is 302 g/mol. The van der Waals surface area contributed by atoms with Crippen LogP contribution >= 0.6 is 15.9 Å².